The van der Waals surface area contributed by atoms with Crippen molar-refractivity contribution in [3.05, 3.63) is 0 Å². The number of aliphatic hydroxyl groups is 1. The monoisotopic (exact) mass is 1490 g/mol. The number of hydrogen-bond donors (Lipinski definition) is 3. The number of esters is 4. The topological polar surface area (TPSA) is 237 Å². The second kappa shape index (κ2) is 72.0. The Hall–Kier alpha value is -1.94. The van der Waals surface area contributed by atoms with Crippen molar-refractivity contribution in [3.8, 4) is 0 Å². The van der Waals surface area contributed by atoms with E-state index in [4.69, 9.17) is 37.0 Å². The SMILES string of the molecule is CCC(C)CCCCCCCCCCCCCCCCCCCCC(=O)O[C@H](COC(=O)CCCCCCCCCC(C)C)COP(=O)(O)OCC(O)COP(=O)(O)OC[C@@H](COC(=O)CCCCCCCCCCC(C)CC)OC(=O)CCCCCCCCCCCCCCCCCC(C)C. The summed E-state index contributed by atoms with van der Waals surface area (Å²) < 4.78 is 68.7. The summed E-state index contributed by atoms with van der Waals surface area (Å²) in [4.78, 5) is 73.0. The fraction of sp³-hybridized carbons (Fsp3) is 0.952. The highest BCUT2D eigenvalue weighted by Gasteiger charge is 2.30. The van der Waals surface area contributed by atoms with Crippen molar-refractivity contribution in [2.24, 2.45) is 23.7 Å². The van der Waals surface area contributed by atoms with Gasteiger partial charge in [-0.25, -0.2) is 9.13 Å². The molecule has 3 N–H and O–H groups in total. The Bertz CT molecular complexity index is 1990. The molecular weight excluding hydrogens is 1330 g/mol. The van der Waals surface area contributed by atoms with Gasteiger partial charge in [-0.05, 0) is 49.4 Å². The summed E-state index contributed by atoms with van der Waals surface area (Å²) in [7, 11) is -9.92. The van der Waals surface area contributed by atoms with Crippen molar-refractivity contribution in [1.29, 1.82) is 0 Å². The first-order chi connectivity index (χ1) is 49.2. The van der Waals surface area contributed by atoms with Crippen LogP contribution in [0.1, 0.15) is 428 Å². The van der Waals surface area contributed by atoms with Crippen molar-refractivity contribution in [1.82, 2.24) is 0 Å². The third kappa shape index (κ3) is 73.6. The lowest BCUT2D eigenvalue weighted by Crippen LogP contribution is -2.30. The van der Waals surface area contributed by atoms with Crippen molar-refractivity contribution in [2.75, 3.05) is 39.6 Å². The number of unbranched alkanes of at least 4 members (excludes halogenated alkanes) is 44. The fourth-order valence-corrected chi connectivity index (χ4v) is 14.3. The van der Waals surface area contributed by atoms with Crippen LogP contribution in [-0.2, 0) is 65.4 Å². The molecule has 0 radical (unpaired) electrons. The molecule has 0 aliphatic rings. The molecule has 0 saturated carbocycles. The van der Waals surface area contributed by atoms with E-state index in [0.717, 1.165) is 114 Å². The minimum Gasteiger partial charge on any atom is -0.462 e. The van der Waals surface area contributed by atoms with E-state index in [1.807, 2.05) is 0 Å². The van der Waals surface area contributed by atoms with Crippen LogP contribution in [0.15, 0.2) is 0 Å². The second-order valence-electron chi connectivity index (χ2n) is 31.3. The van der Waals surface area contributed by atoms with Crippen LogP contribution in [0.3, 0.4) is 0 Å². The largest absolute Gasteiger partial charge is 0.472 e. The third-order valence-corrected chi connectivity index (χ3v) is 21.9. The number of aliphatic hydroxyl groups excluding tert-OH is 1. The fourth-order valence-electron chi connectivity index (χ4n) is 12.7. The van der Waals surface area contributed by atoms with E-state index in [2.05, 4.69) is 55.4 Å². The van der Waals surface area contributed by atoms with E-state index in [1.54, 1.807) is 0 Å². The summed E-state index contributed by atoms with van der Waals surface area (Å²) in [5.74, 6) is 1.04. The summed E-state index contributed by atoms with van der Waals surface area (Å²) in [6, 6.07) is 0. The number of carbonyl (C=O) groups is 4. The minimum atomic E-state index is -4.96. The van der Waals surface area contributed by atoms with Crippen LogP contribution in [-0.4, -0.2) is 96.7 Å². The number of rotatable bonds is 80. The molecule has 0 aliphatic carbocycles. The van der Waals surface area contributed by atoms with Gasteiger partial charge in [0.05, 0.1) is 26.4 Å². The lowest BCUT2D eigenvalue weighted by atomic mass is 9.99. The first-order valence-corrected chi connectivity index (χ1v) is 45.8. The lowest BCUT2D eigenvalue weighted by Gasteiger charge is -2.21. The smallest absolute Gasteiger partial charge is 0.462 e. The van der Waals surface area contributed by atoms with Gasteiger partial charge in [0.25, 0.3) is 0 Å². The third-order valence-electron chi connectivity index (χ3n) is 20.0. The molecule has 7 atom stereocenters. The standard InChI is InChI=1S/C83H162O17P2/c1-9-75(7)61-53-45-37-29-25-21-17-13-11-12-14-18-22-26-30-40-49-57-66-83(88)100-79(70-94-81(86)64-56-48-42-34-36-44-52-60-74(5)6)72-98-102(91,92)96-68-77(84)67-95-101(89,90)97-71-78(69-93-80(85)63-55-47-39-33-32-38-46-54-62-76(8)10-2)99-82(87)65-58-50-41-31-27-23-19-15-16-20-24-28-35-43-51-59-73(3)4/h73-79,84H,9-72H2,1-8H3,(H,89,90)(H,91,92)/t75?,76?,77?,78-,79-/m1/s1. The molecule has 102 heavy (non-hydrogen) atoms. The molecule has 0 spiro atoms. The lowest BCUT2D eigenvalue weighted by molar-refractivity contribution is -0.161. The predicted octanol–water partition coefficient (Wildman–Crippen LogP) is 24.8. The van der Waals surface area contributed by atoms with E-state index in [1.165, 1.54) is 225 Å². The maximum absolute atomic E-state index is 13.1. The van der Waals surface area contributed by atoms with Gasteiger partial charge in [0.1, 0.15) is 19.3 Å². The highest BCUT2D eigenvalue weighted by molar-refractivity contribution is 7.47. The molecule has 5 unspecified atom stereocenters. The number of phosphoric ester groups is 2. The van der Waals surface area contributed by atoms with Crippen molar-refractivity contribution < 1.29 is 80.2 Å². The highest BCUT2D eigenvalue weighted by Crippen LogP contribution is 2.45. The van der Waals surface area contributed by atoms with Gasteiger partial charge in [-0.1, -0.05) is 376 Å². The van der Waals surface area contributed by atoms with Crippen LogP contribution in [0.2, 0.25) is 0 Å². The molecular formula is C83H162O17P2. The Kier molecular flexibility index (Phi) is 70.6. The summed E-state index contributed by atoms with van der Waals surface area (Å²) in [6.07, 6.45) is 59.8. The Morgan fingerprint density at radius 3 is 0.696 bits per heavy atom. The maximum Gasteiger partial charge on any atom is 0.472 e. The van der Waals surface area contributed by atoms with E-state index in [0.29, 0.717) is 31.6 Å². The zero-order valence-corrected chi connectivity index (χ0v) is 69.0. The zero-order chi connectivity index (χ0) is 75.3. The molecule has 0 fully saturated rings. The molecule has 0 amide bonds. The quantitative estimate of drug-likeness (QED) is 0.0222. The molecule has 0 aromatic heterocycles. The normalized spacial score (nSPS) is 14.5. The zero-order valence-electron chi connectivity index (χ0n) is 67.2. The number of carbonyl (C=O) groups excluding carboxylic acids is 4. The Morgan fingerprint density at radius 1 is 0.275 bits per heavy atom. The highest BCUT2D eigenvalue weighted by atomic mass is 31.2. The molecule has 0 aromatic rings. The van der Waals surface area contributed by atoms with Crippen LogP contribution in [0.5, 0.6) is 0 Å². The molecule has 0 bridgehead atoms. The maximum atomic E-state index is 13.1. The molecule has 19 heteroatoms. The van der Waals surface area contributed by atoms with E-state index in [-0.39, 0.29) is 25.7 Å². The number of phosphoric acid groups is 2. The van der Waals surface area contributed by atoms with Gasteiger partial charge in [0.15, 0.2) is 12.2 Å². The molecule has 0 rings (SSSR count). The van der Waals surface area contributed by atoms with Gasteiger partial charge in [0, 0.05) is 25.7 Å². The van der Waals surface area contributed by atoms with Crippen LogP contribution in [0.25, 0.3) is 0 Å². The molecule has 606 valence electrons. The molecule has 0 heterocycles. The second-order valence-corrected chi connectivity index (χ2v) is 34.2. The van der Waals surface area contributed by atoms with E-state index in [9.17, 15) is 43.2 Å². The average molecular weight is 1490 g/mol. The van der Waals surface area contributed by atoms with Gasteiger partial charge >= 0.3 is 39.5 Å². The Labute approximate surface area is 626 Å². The number of ether oxygens (including phenoxy) is 4. The van der Waals surface area contributed by atoms with Gasteiger partial charge < -0.3 is 33.8 Å². The molecule has 0 aromatic carbocycles. The van der Waals surface area contributed by atoms with Gasteiger partial charge in [-0.3, -0.25) is 37.3 Å². The summed E-state index contributed by atoms with van der Waals surface area (Å²) >= 11 is 0. The van der Waals surface area contributed by atoms with Crippen molar-refractivity contribution in [2.45, 2.75) is 446 Å². The van der Waals surface area contributed by atoms with Crippen molar-refractivity contribution >= 4 is 39.5 Å². The molecule has 17 nitrogen and oxygen atoms in total. The Morgan fingerprint density at radius 2 is 0.471 bits per heavy atom. The van der Waals surface area contributed by atoms with E-state index < -0.39 is 97.5 Å². The van der Waals surface area contributed by atoms with Gasteiger partial charge in [-0.2, -0.15) is 0 Å². The number of hydrogen-bond acceptors (Lipinski definition) is 15. The summed E-state index contributed by atoms with van der Waals surface area (Å²) in [5, 5.41) is 10.6. The van der Waals surface area contributed by atoms with Crippen LogP contribution in [0.4, 0.5) is 0 Å². The van der Waals surface area contributed by atoms with Crippen LogP contribution in [0, 0.1) is 23.7 Å². The minimum absolute atomic E-state index is 0.107. The van der Waals surface area contributed by atoms with Crippen LogP contribution >= 0.6 is 15.6 Å². The predicted molar refractivity (Wildman–Crippen MR) is 418 cm³/mol. The van der Waals surface area contributed by atoms with E-state index >= 15 is 0 Å². The summed E-state index contributed by atoms with van der Waals surface area (Å²) in [6.45, 7) is 14.3. The van der Waals surface area contributed by atoms with Crippen molar-refractivity contribution in [3.63, 3.8) is 0 Å². The summed E-state index contributed by atoms with van der Waals surface area (Å²) in [5.41, 5.74) is 0. The molecule has 0 aliphatic heterocycles. The molecule has 0 saturated heterocycles. The Balaban J connectivity index is 5.19. The van der Waals surface area contributed by atoms with Gasteiger partial charge in [-0.15, -0.1) is 0 Å². The van der Waals surface area contributed by atoms with Gasteiger partial charge in [0.2, 0.25) is 0 Å². The van der Waals surface area contributed by atoms with Crippen LogP contribution < -0.4 is 0 Å². The first-order valence-electron chi connectivity index (χ1n) is 42.8. The first kappa shape index (κ1) is 100. The average Bonchev–Trinajstić information content (AvgIpc) is 0.977.